The maximum atomic E-state index is 12.8. The average molecular weight is 395 g/mol. The number of hydrogen-bond acceptors (Lipinski definition) is 4. The van der Waals surface area contributed by atoms with Gasteiger partial charge in [0, 0.05) is 25.3 Å². The molecule has 0 radical (unpaired) electrons. The predicted molar refractivity (Wildman–Crippen MR) is 114 cm³/mol. The summed E-state index contributed by atoms with van der Waals surface area (Å²) in [4.78, 5) is 33.0. The van der Waals surface area contributed by atoms with Gasteiger partial charge in [0.1, 0.15) is 5.56 Å². The third kappa shape index (κ3) is 4.77. The van der Waals surface area contributed by atoms with Crippen molar-refractivity contribution in [1.29, 1.82) is 0 Å². The van der Waals surface area contributed by atoms with Crippen molar-refractivity contribution in [2.24, 2.45) is 0 Å². The van der Waals surface area contributed by atoms with Gasteiger partial charge in [0.15, 0.2) is 0 Å². The molecule has 2 heterocycles. The van der Waals surface area contributed by atoms with Crippen LogP contribution < -0.4 is 10.9 Å². The lowest BCUT2D eigenvalue weighted by Crippen LogP contribution is -2.35. The molecule has 0 bridgehead atoms. The first kappa shape index (κ1) is 19.9. The lowest BCUT2D eigenvalue weighted by Gasteiger charge is -2.26. The molecule has 1 saturated heterocycles. The largest absolute Gasteiger partial charge is 0.345 e. The van der Waals surface area contributed by atoms with E-state index in [0.717, 1.165) is 57.6 Å². The molecule has 154 valence electrons. The number of nitrogens with one attached hydrogen (secondary N) is 2. The maximum Gasteiger partial charge on any atom is 0.261 e. The summed E-state index contributed by atoms with van der Waals surface area (Å²) in [6.07, 6.45) is 4.12. The number of nitrogens with zero attached hydrogens (tertiary/aromatic N) is 2. The fraction of sp³-hybridized carbons (Fsp3) is 0.478. The standard InChI is InChI=1S/C23H30N4O2/c1-26-12-5-13-27(15-14-26)16-18-10-11-20(22(28)24-18)23(29)25-21-9-4-7-17-6-2-3-8-19(17)21/h2-3,6,8,10-11,21H,4-5,7,9,12-16H2,1H3,(H,24,28)(H,25,29). The molecule has 2 aliphatic rings. The van der Waals surface area contributed by atoms with E-state index in [9.17, 15) is 9.59 Å². The van der Waals surface area contributed by atoms with Gasteiger partial charge in [-0.15, -0.1) is 0 Å². The number of aryl methyl sites for hydroxylation is 1. The molecule has 2 aromatic rings. The van der Waals surface area contributed by atoms with Crippen LogP contribution in [0.3, 0.4) is 0 Å². The highest BCUT2D eigenvalue weighted by Gasteiger charge is 2.23. The summed E-state index contributed by atoms with van der Waals surface area (Å²) in [5, 5.41) is 3.07. The molecule has 0 spiro atoms. The molecule has 1 aliphatic carbocycles. The number of likely N-dealkylation sites (N-methyl/N-ethyl adjacent to an activating group) is 1. The van der Waals surface area contributed by atoms with Crippen molar-refractivity contribution in [3.05, 3.63) is 69.1 Å². The number of benzene rings is 1. The van der Waals surface area contributed by atoms with Crippen molar-refractivity contribution in [3.8, 4) is 0 Å². The van der Waals surface area contributed by atoms with E-state index < -0.39 is 0 Å². The van der Waals surface area contributed by atoms with E-state index in [4.69, 9.17) is 0 Å². The van der Waals surface area contributed by atoms with E-state index in [1.54, 1.807) is 6.07 Å². The topological polar surface area (TPSA) is 68.4 Å². The van der Waals surface area contributed by atoms with E-state index in [-0.39, 0.29) is 23.1 Å². The van der Waals surface area contributed by atoms with Crippen LogP contribution in [0.5, 0.6) is 0 Å². The number of H-pyrrole nitrogens is 1. The molecule has 1 aromatic carbocycles. The SMILES string of the molecule is CN1CCCN(Cc2ccc(C(=O)NC3CCCc4ccccc43)c(=O)[nH]2)CC1. The number of aromatic amines is 1. The highest BCUT2D eigenvalue weighted by atomic mass is 16.2. The normalized spacial score (nSPS) is 20.7. The van der Waals surface area contributed by atoms with Crippen LogP contribution in [0.1, 0.15) is 52.5 Å². The first-order valence-corrected chi connectivity index (χ1v) is 10.6. The Bertz CT molecular complexity index is 923. The Morgan fingerprint density at radius 1 is 1.10 bits per heavy atom. The van der Waals surface area contributed by atoms with Gasteiger partial charge in [-0.25, -0.2) is 0 Å². The van der Waals surface area contributed by atoms with Crippen molar-refractivity contribution < 1.29 is 4.79 Å². The summed E-state index contributed by atoms with van der Waals surface area (Å²) in [6, 6.07) is 11.8. The van der Waals surface area contributed by atoms with Crippen LogP contribution in [0.15, 0.2) is 41.2 Å². The number of pyridine rings is 1. The van der Waals surface area contributed by atoms with Crippen LogP contribution in [0.4, 0.5) is 0 Å². The van der Waals surface area contributed by atoms with Crippen LogP contribution >= 0.6 is 0 Å². The summed E-state index contributed by atoms with van der Waals surface area (Å²) in [6.45, 7) is 4.86. The molecule has 6 heteroatoms. The van der Waals surface area contributed by atoms with Crippen molar-refractivity contribution in [3.63, 3.8) is 0 Å². The van der Waals surface area contributed by atoms with Gasteiger partial charge in [0.05, 0.1) is 6.04 Å². The van der Waals surface area contributed by atoms with Gasteiger partial charge in [0.25, 0.3) is 11.5 Å². The zero-order valence-electron chi connectivity index (χ0n) is 17.1. The minimum absolute atomic E-state index is 0.0272. The number of carbonyl (C=O) groups excluding carboxylic acids is 1. The van der Waals surface area contributed by atoms with Crippen LogP contribution in [0, 0.1) is 0 Å². The number of aromatic nitrogens is 1. The molecule has 1 unspecified atom stereocenters. The summed E-state index contributed by atoms with van der Waals surface area (Å²) in [5.74, 6) is -0.295. The Morgan fingerprint density at radius 3 is 2.83 bits per heavy atom. The Kier molecular flexibility index (Phi) is 6.11. The highest BCUT2D eigenvalue weighted by molar-refractivity contribution is 5.94. The summed E-state index contributed by atoms with van der Waals surface area (Å²) in [7, 11) is 2.14. The van der Waals surface area contributed by atoms with Gasteiger partial charge in [0.2, 0.25) is 0 Å². The zero-order valence-corrected chi connectivity index (χ0v) is 17.1. The Balaban J connectivity index is 1.43. The fourth-order valence-corrected chi connectivity index (χ4v) is 4.42. The van der Waals surface area contributed by atoms with E-state index in [2.05, 4.69) is 39.3 Å². The lowest BCUT2D eigenvalue weighted by molar-refractivity contribution is 0.0931. The number of amides is 1. The van der Waals surface area contributed by atoms with Gasteiger partial charge in [-0.2, -0.15) is 0 Å². The first-order valence-electron chi connectivity index (χ1n) is 10.6. The number of fused-ring (bicyclic) bond motifs is 1. The first-order chi connectivity index (χ1) is 14.1. The Hall–Kier alpha value is -2.44. The maximum absolute atomic E-state index is 12.8. The van der Waals surface area contributed by atoms with E-state index >= 15 is 0 Å². The van der Waals surface area contributed by atoms with E-state index in [1.807, 2.05) is 18.2 Å². The predicted octanol–water partition coefficient (Wildman–Crippen LogP) is 2.32. The van der Waals surface area contributed by atoms with Gasteiger partial charge >= 0.3 is 0 Å². The molecule has 0 saturated carbocycles. The minimum atomic E-state index is -0.309. The van der Waals surface area contributed by atoms with Crippen LogP contribution in [-0.2, 0) is 13.0 Å². The van der Waals surface area contributed by atoms with Gasteiger partial charge in [-0.05, 0) is 69.1 Å². The molecule has 4 rings (SSSR count). The smallest absolute Gasteiger partial charge is 0.261 e. The van der Waals surface area contributed by atoms with Crippen molar-refractivity contribution in [2.45, 2.75) is 38.3 Å². The van der Waals surface area contributed by atoms with E-state index in [0.29, 0.717) is 6.54 Å². The zero-order chi connectivity index (χ0) is 20.2. The molecule has 1 aliphatic heterocycles. The monoisotopic (exact) mass is 394 g/mol. The summed E-state index contributed by atoms with van der Waals surface area (Å²) < 4.78 is 0. The van der Waals surface area contributed by atoms with Crippen molar-refractivity contribution >= 4 is 5.91 Å². The Morgan fingerprint density at radius 2 is 1.97 bits per heavy atom. The molecular weight excluding hydrogens is 364 g/mol. The quantitative estimate of drug-likeness (QED) is 0.835. The summed E-state index contributed by atoms with van der Waals surface area (Å²) in [5.41, 5.74) is 3.20. The molecule has 1 fully saturated rings. The molecule has 1 aromatic heterocycles. The molecule has 6 nitrogen and oxygen atoms in total. The van der Waals surface area contributed by atoms with Crippen LogP contribution in [-0.4, -0.2) is 53.9 Å². The van der Waals surface area contributed by atoms with Gasteiger partial charge < -0.3 is 15.2 Å². The fourth-order valence-electron chi connectivity index (χ4n) is 4.42. The number of carbonyl (C=O) groups is 1. The van der Waals surface area contributed by atoms with Crippen molar-refractivity contribution in [2.75, 3.05) is 33.2 Å². The molecule has 29 heavy (non-hydrogen) atoms. The minimum Gasteiger partial charge on any atom is -0.345 e. The van der Waals surface area contributed by atoms with E-state index in [1.165, 1.54) is 11.1 Å². The van der Waals surface area contributed by atoms with Gasteiger partial charge in [-0.3, -0.25) is 14.5 Å². The van der Waals surface area contributed by atoms with Crippen molar-refractivity contribution in [1.82, 2.24) is 20.1 Å². The third-order valence-electron chi connectivity index (χ3n) is 6.10. The van der Waals surface area contributed by atoms with Gasteiger partial charge in [-0.1, -0.05) is 24.3 Å². The molecule has 1 amide bonds. The van der Waals surface area contributed by atoms with Crippen LogP contribution in [0.2, 0.25) is 0 Å². The Labute approximate surface area is 171 Å². The number of rotatable bonds is 4. The second kappa shape index (κ2) is 8.93. The second-order valence-corrected chi connectivity index (χ2v) is 8.28. The average Bonchev–Trinajstić information content (AvgIpc) is 2.92. The lowest BCUT2D eigenvalue weighted by atomic mass is 9.87. The second-order valence-electron chi connectivity index (χ2n) is 8.28. The third-order valence-corrected chi connectivity index (χ3v) is 6.10. The molecular formula is C23H30N4O2. The number of hydrogen-bond donors (Lipinski definition) is 2. The highest BCUT2D eigenvalue weighted by Crippen LogP contribution is 2.29. The summed E-state index contributed by atoms with van der Waals surface area (Å²) >= 11 is 0. The van der Waals surface area contributed by atoms with Crippen LogP contribution in [0.25, 0.3) is 0 Å². The molecule has 2 N–H and O–H groups in total. The molecule has 1 atom stereocenters.